The second-order valence-electron chi connectivity index (χ2n) is 10.6. The molecule has 2 N–H and O–H groups in total. The van der Waals surface area contributed by atoms with Gasteiger partial charge in [-0.2, -0.15) is 13.9 Å². The first-order chi connectivity index (χ1) is 17.2. The molecule has 1 fully saturated rings. The van der Waals surface area contributed by atoms with Crippen LogP contribution < -0.4 is 9.21 Å². The van der Waals surface area contributed by atoms with Gasteiger partial charge >= 0.3 is 12.6 Å². The summed E-state index contributed by atoms with van der Waals surface area (Å²) >= 11 is 0. The number of β-amino-alcohol motifs (C(OH)–C–C–N with tert-alkyl or cyclic N) is 1. The number of fused-ring (bicyclic) bond motifs is 1. The van der Waals surface area contributed by atoms with Crippen LogP contribution in [0.1, 0.15) is 45.1 Å². The van der Waals surface area contributed by atoms with Crippen molar-refractivity contribution < 1.29 is 32.2 Å². The first kappa shape index (κ1) is 27.2. The standard InChI is InChI=1S/C23H32F2N6O5S/c1-14-20(13-29(27-14)21(24)25)37(35,36)30-11-15(10-28-6-5-17(32)12-28)7-18-19(30)8-16(9-26-18)31(22(33)34)23(2,3)4/h8-9,13,15,17,21,32H,5-7,10-12H2,1-4H3,(H,33,34)/t15-,17+/m0/s1. The van der Waals surface area contributed by atoms with Crippen LogP contribution in [0, 0.1) is 12.8 Å². The zero-order valence-electron chi connectivity index (χ0n) is 21.2. The van der Waals surface area contributed by atoms with Crippen LogP contribution in [0.5, 0.6) is 0 Å². The SMILES string of the molecule is Cc1nn(C(F)F)cc1S(=O)(=O)N1C[C@H](CN2CC[C@@H](O)C2)Cc2ncc(N(C(=O)O)C(C)(C)C)cc21. The van der Waals surface area contributed by atoms with Crippen molar-refractivity contribution in [2.45, 2.75) is 63.6 Å². The van der Waals surface area contributed by atoms with Gasteiger partial charge in [-0.1, -0.05) is 0 Å². The van der Waals surface area contributed by atoms with Crippen LogP contribution in [-0.4, -0.2) is 82.2 Å². The number of hydrogen-bond donors (Lipinski definition) is 2. The number of aliphatic hydroxyl groups excluding tert-OH is 1. The maximum absolute atomic E-state index is 13.9. The van der Waals surface area contributed by atoms with Crippen LogP contribution in [0.3, 0.4) is 0 Å². The number of aromatic nitrogens is 3. The lowest BCUT2D eigenvalue weighted by Crippen LogP contribution is -2.46. The van der Waals surface area contributed by atoms with E-state index < -0.39 is 34.3 Å². The molecule has 2 aromatic heterocycles. The predicted molar refractivity (Wildman–Crippen MR) is 132 cm³/mol. The number of nitrogens with zero attached hydrogens (tertiary/aromatic N) is 6. The van der Waals surface area contributed by atoms with Crippen LogP contribution >= 0.6 is 0 Å². The number of carbonyl (C=O) groups is 1. The summed E-state index contributed by atoms with van der Waals surface area (Å²) < 4.78 is 55.7. The highest BCUT2D eigenvalue weighted by atomic mass is 32.2. The monoisotopic (exact) mass is 542 g/mol. The molecule has 4 heterocycles. The van der Waals surface area contributed by atoms with Gasteiger partial charge in [-0.15, -0.1) is 0 Å². The molecule has 0 unspecified atom stereocenters. The van der Waals surface area contributed by atoms with Crippen molar-refractivity contribution >= 4 is 27.5 Å². The fourth-order valence-electron chi connectivity index (χ4n) is 5.05. The third kappa shape index (κ3) is 5.41. The quantitative estimate of drug-likeness (QED) is 0.570. The van der Waals surface area contributed by atoms with E-state index in [9.17, 15) is 32.2 Å². The second kappa shape index (κ2) is 9.80. The summed E-state index contributed by atoms with van der Waals surface area (Å²) in [5.74, 6) is -0.186. The minimum Gasteiger partial charge on any atom is -0.465 e. The van der Waals surface area contributed by atoms with Gasteiger partial charge in [0.15, 0.2) is 0 Å². The molecule has 14 heteroatoms. The summed E-state index contributed by atoms with van der Waals surface area (Å²) in [5.41, 5.74) is -0.0529. The van der Waals surface area contributed by atoms with Gasteiger partial charge in [-0.25, -0.2) is 17.9 Å². The first-order valence-corrected chi connectivity index (χ1v) is 13.4. The Morgan fingerprint density at radius 2 is 2.00 bits per heavy atom. The molecule has 0 aromatic carbocycles. The Morgan fingerprint density at radius 1 is 1.30 bits per heavy atom. The molecule has 11 nitrogen and oxygen atoms in total. The molecule has 0 bridgehead atoms. The summed E-state index contributed by atoms with van der Waals surface area (Å²) in [5, 5.41) is 23.4. The van der Waals surface area contributed by atoms with Gasteiger partial charge in [0.1, 0.15) is 4.90 Å². The fraction of sp³-hybridized carbons (Fsp3) is 0.609. The van der Waals surface area contributed by atoms with Gasteiger partial charge < -0.3 is 15.1 Å². The number of pyridine rings is 1. The highest BCUT2D eigenvalue weighted by Crippen LogP contribution is 2.38. The Kier molecular flexibility index (Phi) is 7.20. The van der Waals surface area contributed by atoms with Crippen molar-refractivity contribution in [3.05, 3.63) is 29.8 Å². The minimum absolute atomic E-state index is 0.0367. The smallest absolute Gasteiger partial charge is 0.412 e. The number of aliphatic hydroxyl groups is 1. The Morgan fingerprint density at radius 3 is 2.54 bits per heavy atom. The van der Waals surface area contributed by atoms with E-state index >= 15 is 0 Å². The van der Waals surface area contributed by atoms with E-state index in [4.69, 9.17) is 0 Å². The second-order valence-corrected chi connectivity index (χ2v) is 12.4. The van der Waals surface area contributed by atoms with Crippen molar-refractivity contribution in [3.8, 4) is 0 Å². The molecule has 0 saturated carbocycles. The average molecular weight is 543 g/mol. The lowest BCUT2D eigenvalue weighted by atomic mass is 9.96. The number of alkyl halides is 2. The summed E-state index contributed by atoms with van der Waals surface area (Å²) in [7, 11) is -4.35. The molecule has 1 amide bonds. The molecule has 204 valence electrons. The Labute approximate surface area is 214 Å². The average Bonchev–Trinajstić information content (AvgIpc) is 3.37. The van der Waals surface area contributed by atoms with Crippen LogP contribution in [0.4, 0.5) is 25.0 Å². The van der Waals surface area contributed by atoms with Crippen molar-refractivity contribution in [1.29, 1.82) is 0 Å². The van der Waals surface area contributed by atoms with Crippen molar-refractivity contribution in [2.24, 2.45) is 5.92 Å². The molecule has 0 radical (unpaired) electrons. The van der Waals surface area contributed by atoms with E-state index in [-0.39, 0.29) is 34.4 Å². The number of sulfonamides is 1. The van der Waals surface area contributed by atoms with E-state index in [1.54, 1.807) is 20.8 Å². The third-order valence-corrected chi connectivity index (χ3v) is 8.51. The van der Waals surface area contributed by atoms with Gasteiger partial charge in [0.25, 0.3) is 10.0 Å². The lowest BCUT2D eigenvalue weighted by Gasteiger charge is -2.38. The summed E-state index contributed by atoms with van der Waals surface area (Å²) in [4.78, 5) is 19.3. The summed E-state index contributed by atoms with van der Waals surface area (Å²) in [6, 6.07) is 1.47. The van der Waals surface area contributed by atoms with Crippen LogP contribution in [0.2, 0.25) is 0 Å². The number of anilines is 2. The van der Waals surface area contributed by atoms with Crippen molar-refractivity contribution in [3.63, 3.8) is 0 Å². The highest BCUT2D eigenvalue weighted by molar-refractivity contribution is 7.92. The molecule has 0 aliphatic carbocycles. The Balaban J connectivity index is 1.79. The van der Waals surface area contributed by atoms with E-state index in [1.807, 2.05) is 0 Å². The number of carboxylic acid groups (broad SMARTS) is 1. The summed E-state index contributed by atoms with van der Waals surface area (Å²) in [6.07, 6.45) is 1.64. The van der Waals surface area contributed by atoms with Crippen LogP contribution in [0.15, 0.2) is 23.4 Å². The fourth-order valence-corrected chi connectivity index (χ4v) is 6.77. The minimum atomic E-state index is -4.35. The predicted octanol–water partition coefficient (Wildman–Crippen LogP) is 2.70. The van der Waals surface area contributed by atoms with Gasteiger partial charge in [-0.05, 0) is 52.5 Å². The Hall–Kier alpha value is -2.84. The Bertz CT molecular complexity index is 1280. The van der Waals surface area contributed by atoms with E-state index in [2.05, 4.69) is 15.0 Å². The zero-order valence-corrected chi connectivity index (χ0v) is 22.0. The molecule has 2 aliphatic heterocycles. The number of halogens is 2. The van der Waals surface area contributed by atoms with Crippen molar-refractivity contribution in [1.82, 2.24) is 19.7 Å². The zero-order chi connectivity index (χ0) is 27.3. The number of rotatable bonds is 6. The third-order valence-electron chi connectivity index (χ3n) is 6.63. The number of aryl methyl sites for hydroxylation is 1. The molecule has 2 atom stereocenters. The maximum atomic E-state index is 13.9. The normalized spacial score (nSPS) is 20.9. The maximum Gasteiger partial charge on any atom is 0.412 e. The van der Waals surface area contributed by atoms with Crippen molar-refractivity contribution in [2.75, 3.05) is 35.4 Å². The van der Waals surface area contributed by atoms with E-state index in [0.717, 1.165) is 15.4 Å². The van der Waals surface area contributed by atoms with Gasteiger partial charge in [0.05, 0.1) is 41.3 Å². The topological polar surface area (TPSA) is 132 Å². The number of hydrogen-bond acceptors (Lipinski definition) is 7. The highest BCUT2D eigenvalue weighted by Gasteiger charge is 2.39. The molecule has 0 spiro atoms. The molecular weight excluding hydrogens is 510 g/mol. The van der Waals surface area contributed by atoms with E-state index in [1.165, 1.54) is 19.2 Å². The molecule has 1 saturated heterocycles. The van der Waals surface area contributed by atoms with E-state index in [0.29, 0.717) is 42.9 Å². The molecule has 37 heavy (non-hydrogen) atoms. The largest absolute Gasteiger partial charge is 0.465 e. The number of likely N-dealkylation sites (tertiary alicyclic amines) is 1. The number of amides is 1. The summed E-state index contributed by atoms with van der Waals surface area (Å²) in [6.45, 7) is 5.19. The van der Waals surface area contributed by atoms with Crippen LogP contribution in [-0.2, 0) is 16.4 Å². The first-order valence-electron chi connectivity index (χ1n) is 12.0. The van der Waals surface area contributed by atoms with Gasteiger partial charge in [0.2, 0.25) is 0 Å². The van der Waals surface area contributed by atoms with Crippen LogP contribution in [0.25, 0.3) is 0 Å². The molecule has 2 aromatic rings. The van der Waals surface area contributed by atoms with Gasteiger partial charge in [-0.3, -0.25) is 14.2 Å². The molecule has 4 rings (SSSR count). The van der Waals surface area contributed by atoms with Gasteiger partial charge in [0, 0.05) is 31.7 Å². The lowest BCUT2D eigenvalue weighted by molar-refractivity contribution is 0.0561. The molecular formula is C23H32F2N6O5S. The molecule has 2 aliphatic rings.